The monoisotopic (exact) mass is 554 g/mol. The summed E-state index contributed by atoms with van der Waals surface area (Å²) < 4.78 is 5.45. The largest absolute Gasteiger partial charge is 0.469 e. The lowest BCUT2D eigenvalue weighted by Crippen LogP contribution is -2.52. The number of hydrogen-bond donors (Lipinski definition) is 2. The van der Waals surface area contributed by atoms with Crippen molar-refractivity contribution in [2.45, 2.75) is 56.8 Å². The van der Waals surface area contributed by atoms with Gasteiger partial charge >= 0.3 is 0 Å². The lowest BCUT2D eigenvalue weighted by atomic mass is 9.96. The Morgan fingerprint density at radius 2 is 1.90 bits per heavy atom. The fourth-order valence-electron chi connectivity index (χ4n) is 4.80. The highest BCUT2D eigenvalue weighted by molar-refractivity contribution is 14.0. The van der Waals surface area contributed by atoms with Gasteiger partial charge in [-0.15, -0.1) is 24.0 Å². The van der Waals surface area contributed by atoms with E-state index in [1.807, 2.05) is 23.9 Å². The van der Waals surface area contributed by atoms with Gasteiger partial charge in [0, 0.05) is 43.4 Å². The van der Waals surface area contributed by atoms with Crippen molar-refractivity contribution in [3.05, 3.63) is 60.1 Å². The molecule has 3 heterocycles. The number of halogens is 1. The van der Waals surface area contributed by atoms with E-state index in [1.165, 1.54) is 31.2 Å². The van der Waals surface area contributed by atoms with Crippen LogP contribution >= 0.6 is 35.7 Å². The van der Waals surface area contributed by atoms with Gasteiger partial charge in [0.15, 0.2) is 5.96 Å². The Labute approximate surface area is 207 Å². The summed E-state index contributed by atoms with van der Waals surface area (Å²) in [5.41, 5.74) is 1.43. The first-order valence-corrected chi connectivity index (χ1v) is 12.6. The van der Waals surface area contributed by atoms with E-state index >= 15 is 0 Å². The van der Waals surface area contributed by atoms with E-state index in [0.29, 0.717) is 18.1 Å². The van der Waals surface area contributed by atoms with Crippen molar-refractivity contribution in [2.75, 3.05) is 25.1 Å². The molecule has 2 aliphatic rings. The third-order valence-corrected chi connectivity index (χ3v) is 6.83. The van der Waals surface area contributed by atoms with Crippen LogP contribution < -0.4 is 10.6 Å². The van der Waals surface area contributed by atoms with Crippen molar-refractivity contribution >= 4 is 41.7 Å². The van der Waals surface area contributed by atoms with Crippen LogP contribution in [0.5, 0.6) is 0 Å². The molecule has 1 aromatic carbocycles. The van der Waals surface area contributed by atoms with E-state index in [2.05, 4.69) is 52.1 Å². The molecule has 170 valence electrons. The quantitative estimate of drug-likeness (QED) is 0.207. The number of benzene rings is 1. The fourth-order valence-corrected chi connectivity index (χ4v) is 5.07. The van der Waals surface area contributed by atoms with E-state index in [-0.39, 0.29) is 24.0 Å². The van der Waals surface area contributed by atoms with Crippen LogP contribution in [0.1, 0.15) is 37.0 Å². The van der Waals surface area contributed by atoms with Crippen molar-refractivity contribution in [1.82, 2.24) is 15.5 Å². The molecule has 2 aromatic rings. The van der Waals surface area contributed by atoms with Crippen molar-refractivity contribution in [3.63, 3.8) is 0 Å². The van der Waals surface area contributed by atoms with Crippen molar-refractivity contribution in [3.8, 4) is 0 Å². The number of hydrogen-bond acceptors (Lipinski definition) is 4. The maximum absolute atomic E-state index is 5.45. The average molecular weight is 555 g/mol. The molecule has 0 aliphatic carbocycles. The smallest absolute Gasteiger partial charge is 0.191 e. The molecule has 2 atom stereocenters. The third-order valence-electron chi connectivity index (χ3n) is 6.24. The zero-order chi connectivity index (χ0) is 20.6. The molecule has 0 radical (unpaired) electrons. The number of piperidine rings is 1. The van der Waals surface area contributed by atoms with Crippen molar-refractivity contribution in [1.29, 1.82) is 0 Å². The Morgan fingerprint density at radius 3 is 2.58 bits per heavy atom. The molecule has 0 spiro atoms. The number of furan rings is 1. The minimum Gasteiger partial charge on any atom is -0.469 e. The lowest BCUT2D eigenvalue weighted by molar-refractivity contribution is 0.114. The predicted octanol–water partition coefficient (Wildman–Crippen LogP) is 4.53. The summed E-state index contributed by atoms with van der Waals surface area (Å²) >= 11 is 1.84. The highest BCUT2D eigenvalue weighted by Gasteiger charge is 2.40. The van der Waals surface area contributed by atoms with Crippen LogP contribution in [0.2, 0.25) is 0 Å². The van der Waals surface area contributed by atoms with Crippen LogP contribution in [-0.2, 0) is 13.0 Å². The molecule has 4 rings (SSSR count). The maximum atomic E-state index is 5.45. The normalized spacial score (nSPS) is 23.4. The van der Waals surface area contributed by atoms with Crippen molar-refractivity contribution < 1.29 is 4.42 Å². The van der Waals surface area contributed by atoms with E-state index < -0.39 is 0 Å². The molecule has 7 heteroatoms. The van der Waals surface area contributed by atoms with Gasteiger partial charge in [-0.3, -0.25) is 9.89 Å². The van der Waals surface area contributed by atoms with E-state index in [9.17, 15) is 0 Å². The zero-order valence-corrected chi connectivity index (χ0v) is 21.5. The minimum atomic E-state index is 0. The summed E-state index contributed by atoms with van der Waals surface area (Å²) in [4.78, 5) is 7.55. The minimum absolute atomic E-state index is 0. The van der Waals surface area contributed by atoms with Crippen LogP contribution in [0.4, 0.5) is 0 Å². The van der Waals surface area contributed by atoms with Crippen LogP contribution in [0.25, 0.3) is 0 Å². The van der Waals surface area contributed by atoms with Gasteiger partial charge in [0.05, 0.1) is 12.8 Å². The van der Waals surface area contributed by atoms with Crippen molar-refractivity contribution in [2.24, 2.45) is 4.99 Å². The topological polar surface area (TPSA) is 52.8 Å². The maximum Gasteiger partial charge on any atom is 0.191 e. The molecule has 2 bridgehead atoms. The Balaban J connectivity index is 0.00000272. The van der Waals surface area contributed by atoms with Gasteiger partial charge in [-0.2, -0.15) is 11.8 Å². The Bertz CT molecular complexity index is 772. The molecule has 0 saturated carbocycles. The van der Waals surface area contributed by atoms with E-state index in [1.54, 1.807) is 6.26 Å². The first-order chi connectivity index (χ1) is 14.8. The molecular weight excluding hydrogens is 519 g/mol. The van der Waals surface area contributed by atoms with Gasteiger partial charge in [-0.25, -0.2) is 0 Å². The molecule has 2 aliphatic heterocycles. The molecule has 2 fully saturated rings. The van der Waals surface area contributed by atoms with Gasteiger partial charge in [-0.05, 0) is 49.6 Å². The average Bonchev–Trinajstić information content (AvgIpc) is 3.35. The predicted molar refractivity (Wildman–Crippen MR) is 141 cm³/mol. The second kappa shape index (κ2) is 12.7. The summed E-state index contributed by atoms with van der Waals surface area (Å²) in [6.07, 6.45) is 9.78. The second-order valence-electron chi connectivity index (χ2n) is 8.33. The summed E-state index contributed by atoms with van der Waals surface area (Å²) in [5.74, 6) is 3.01. The highest BCUT2D eigenvalue weighted by Crippen LogP contribution is 2.36. The first-order valence-electron chi connectivity index (χ1n) is 11.2. The number of guanidine groups is 1. The molecule has 1 aromatic heterocycles. The standard InChI is InChI=1S/C24H34N4OS.HI/c1-30-15-13-26-24(25-12-11-23-8-5-14-29-23)27-20-16-21-9-10-22(17-20)28(21)18-19-6-3-2-4-7-19;/h2-8,14,20-22H,9-13,15-18H2,1H3,(H2,25,26,27);1H. The Hall–Kier alpha value is -1.19. The summed E-state index contributed by atoms with van der Waals surface area (Å²) in [5, 5.41) is 7.27. The molecule has 31 heavy (non-hydrogen) atoms. The highest BCUT2D eigenvalue weighted by atomic mass is 127. The summed E-state index contributed by atoms with van der Waals surface area (Å²) in [7, 11) is 0. The summed E-state index contributed by atoms with van der Waals surface area (Å²) in [6.45, 7) is 2.76. The first kappa shape index (κ1) is 24.5. The molecule has 2 unspecified atom stereocenters. The van der Waals surface area contributed by atoms with E-state index in [0.717, 1.165) is 43.5 Å². The Kier molecular flexibility index (Phi) is 10.1. The Morgan fingerprint density at radius 1 is 1.13 bits per heavy atom. The lowest BCUT2D eigenvalue weighted by Gasteiger charge is -2.39. The zero-order valence-electron chi connectivity index (χ0n) is 18.3. The summed E-state index contributed by atoms with van der Waals surface area (Å²) in [6, 6.07) is 16.7. The van der Waals surface area contributed by atoms with Gasteiger partial charge in [-0.1, -0.05) is 30.3 Å². The van der Waals surface area contributed by atoms with Crippen LogP contribution in [-0.4, -0.2) is 54.1 Å². The number of aliphatic imine (C=N–C) groups is 1. The van der Waals surface area contributed by atoms with Gasteiger partial charge < -0.3 is 15.1 Å². The second-order valence-corrected chi connectivity index (χ2v) is 9.32. The molecular formula is C24H35IN4OS. The van der Waals surface area contributed by atoms with E-state index in [4.69, 9.17) is 9.41 Å². The molecule has 2 N–H and O–H groups in total. The number of nitrogens with zero attached hydrogens (tertiary/aromatic N) is 2. The molecule has 2 saturated heterocycles. The van der Waals surface area contributed by atoms with Gasteiger partial charge in [0.25, 0.3) is 0 Å². The number of nitrogens with one attached hydrogen (secondary N) is 2. The van der Waals surface area contributed by atoms with Gasteiger partial charge in [0.1, 0.15) is 5.76 Å². The number of fused-ring (bicyclic) bond motifs is 2. The number of rotatable bonds is 9. The SMILES string of the molecule is CSCCN=C(NCCc1ccco1)NC1CC2CCC(C1)N2Cc1ccccc1.I. The van der Waals surface area contributed by atoms with Crippen LogP contribution in [0.3, 0.4) is 0 Å². The van der Waals surface area contributed by atoms with Crippen LogP contribution in [0.15, 0.2) is 58.1 Å². The third kappa shape index (κ3) is 7.15. The molecule has 5 nitrogen and oxygen atoms in total. The van der Waals surface area contributed by atoms with Gasteiger partial charge in [0.2, 0.25) is 0 Å². The fraction of sp³-hybridized carbons (Fsp3) is 0.542. The van der Waals surface area contributed by atoms with Crippen LogP contribution in [0, 0.1) is 0 Å². The molecule has 0 amide bonds. The number of thioether (sulfide) groups is 1.